The molecule has 1 saturated heterocycles. The number of nitrogens with two attached hydrogens (primary N) is 1. The number of aldehydes is 1. The average molecular weight is 430 g/mol. The Balaban J connectivity index is 1.68. The average Bonchev–Trinajstić information content (AvgIpc) is 3.19. The SMILES string of the molecule is NC(Cc1ccc(Oc2ccc(C=C3SCNC3C(=O)C=O)cc2)cc1F)C(=O)O. The third-order valence-corrected chi connectivity index (χ3v) is 5.42. The van der Waals surface area contributed by atoms with Crippen molar-refractivity contribution in [2.75, 3.05) is 5.88 Å². The highest BCUT2D eigenvalue weighted by atomic mass is 32.2. The molecule has 156 valence electrons. The molecule has 1 aliphatic heterocycles. The Bertz CT molecular complexity index is 993. The number of hydrogen-bond acceptors (Lipinski definition) is 7. The first-order chi connectivity index (χ1) is 14.4. The quantitative estimate of drug-likeness (QED) is 0.431. The van der Waals surface area contributed by atoms with Crippen LogP contribution in [0.4, 0.5) is 4.39 Å². The van der Waals surface area contributed by atoms with E-state index in [9.17, 15) is 18.8 Å². The minimum absolute atomic E-state index is 0.120. The van der Waals surface area contributed by atoms with Crippen LogP contribution in [0.15, 0.2) is 47.4 Å². The summed E-state index contributed by atoms with van der Waals surface area (Å²) in [6.45, 7) is 0. The highest BCUT2D eigenvalue weighted by Crippen LogP contribution is 2.29. The predicted octanol–water partition coefficient (Wildman–Crippen LogP) is 2.34. The van der Waals surface area contributed by atoms with Crippen LogP contribution in [0.2, 0.25) is 0 Å². The Labute approximate surface area is 176 Å². The van der Waals surface area contributed by atoms with Gasteiger partial charge in [-0.3, -0.25) is 19.7 Å². The van der Waals surface area contributed by atoms with Crippen molar-refractivity contribution in [3.63, 3.8) is 0 Å². The Morgan fingerprint density at radius 2 is 1.97 bits per heavy atom. The van der Waals surface area contributed by atoms with Crippen molar-refractivity contribution in [1.29, 1.82) is 0 Å². The Kier molecular flexibility index (Phi) is 6.99. The molecule has 0 aromatic heterocycles. The number of thioether (sulfide) groups is 1. The maximum absolute atomic E-state index is 14.2. The van der Waals surface area contributed by atoms with Crippen molar-refractivity contribution in [1.82, 2.24) is 5.32 Å². The van der Waals surface area contributed by atoms with Crippen molar-refractivity contribution >= 4 is 35.9 Å². The zero-order valence-electron chi connectivity index (χ0n) is 15.7. The van der Waals surface area contributed by atoms with Gasteiger partial charge in [0.2, 0.25) is 5.78 Å². The number of aliphatic carboxylic acids is 1. The van der Waals surface area contributed by atoms with E-state index in [4.69, 9.17) is 15.6 Å². The first-order valence-electron chi connectivity index (χ1n) is 8.99. The van der Waals surface area contributed by atoms with Crippen molar-refractivity contribution in [2.45, 2.75) is 18.5 Å². The number of carboxylic acid groups (broad SMARTS) is 1. The van der Waals surface area contributed by atoms with Gasteiger partial charge in [-0.15, -0.1) is 11.8 Å². The molecule has 0 spiro atoms. The summed E-state index contributed by atoms with van der Waals surface area (Å²) in [5.74, 6) is -1.01. The van der Waals surface area contributed by atoms with E-state index in [0.29, 0.717) is 17.9 Å². The van der Waals surface area contributed by atoms with E-state index in [-0.39, 0.29) is 17.7 Å². The fourth-order valence-corrected chi connectivity index (χ4v) is 3.84. The van der Waals surface area contributed by atoms with E-state index in [0.717, 1.165) is 10.5 Å². The highest BCUT2D eigenvalue weighted by Gasteiger charge is 2.27. The molecule has 2 aromatic rings. The maximum atomic E-state index is 14.2. The molecular weight excluding hydrogens is 411 g/mol. The monoisotopic (exact) mass is 430 g/mol. The number of halogens is 1. The zero-order valence-corrected chi connectivity index (χ0v) is 16.5. The molecular formula is C21H19FN2O5S. The van der Waals surface area contributed by atoms with Crippen LogP contribution in [-0.4, -0.2) is 41.1 Å². The molecule has 0 saturated carbocycles. The normalized spacial score (nSPS) is 18.2. The molecule has 4 N–H and O–H groups in total. The number of nitrogens with one attached hydrogen (secondary N) is 1. The molecule has 9 heteroatoms. The van der Waals surface area contributed by atoms with Crippen LogP contribution in [-0.2, 0) is 20.8 Å². The van der Waals surface area contributed by atoms with Crippen molar-refractivity contribution < 1.29 is 28.6 Å². The molecule has 0 amide bonds. The summed E-state index contributed by atoms with van der Waals surface area (Å²) < 4.78 is 19.8. The van der Waals surface area contributed by atoms with Gasteiger partial charge in [0.25, 0.3) is 0 Å². The van der Waals surface area contributed by atoms with Gasteiger partial charge < -0.3 is 15.6 Å². The Hall–Kier alpha value is -3.01. The predicted molar refractivity (Wildman–Crippen MR) is 111 cm³/mol. The number of carboxylic acids is 1. The molecule has 1 fully saturated rings. The molecule has 7 nitrogen and oxygen atoms in total. The molecule has 2 aromatic carbocycles. The second-order valence-electron chi connectivity index (χ2n) is 6.57. The summed E-state index contributed by atoms with van der Waals surface area (Å²) in [7, 11) is 0. The molecule has 0 aliphatic carbocycles. The lowest BCUT2D eigenvalue weighted by Gasteiger charge is -2.10. The van der Waals surface area contributed by atoms with Gasteiger partial charge in [-0.2, -0.15) is 0 Å². The van der Waals surface area contributed by atoms with Gasteiger partial charge in [0.1, 0.15) is 29.4 Å². The van der Waals surface area contributed by atoms with Crippen LogP contribution in [0.25, 0.3) is 6.08 Å². The minimum atomic E-state index is -1.20. The molecule has 1 heterocycles. The standard InChI is InChI=1S/C21H19FN2O5S/c22-16-9-15(6-3-13(16)8-17(23)21(27)28)29-14-4-1-12(2-5-14)7-19-20(18(26)10-25)24-11-30-19/h1-7,9-10,17,20,24H,8,11,23H2,(H,27,28). The second kappa shape index (κ2) is 9.66. The van der Waals surface area contributed by atoms with Gasteiger partial charge in [0, 0.05) is 23.3 Å². The molecule has 3 rings (SSSR count). The van der Waals surface area contributed by atoms with Gasteiger partial charge >= 0.3 is 5.97 Å². The number of benzene rings is 2. The third-order valence-electron chi connectivity index (χ3n) is 4.42. The number of ketones is 1. The number of carbonyl (C=O) groups is 3. The largest absolute Gasteiger partial charge is 0.480 e. The molecule has 1 aliphatic rings. The van der Waals surface area contributed by atoms with Gasteiger partial charge in [-0.1, -0.05) is 18.2 Å². The lowest BCUT2D eigenvalue weighted by molar-refractivity contribution is -0.138. The Morgan fingerprint density at radius 3 is 2.60 bits per heavy atom. The first-order valence-corrected chi connectivity index (χ1v) is 9.97. The molecule has 0 bridgehead atoms. The maximum Gasteiger partial charge on any atom is 0.320 e. The van der Waals surface area contributed by atoms with Gasteiger partial charge in [0.15, 0.2) is 6.29 Å². The van der Waals surface area contributed by atoms with E-state index in [1.165, 1.54) is 23.9 Å². The lowest BCUT2D eigenvalue weighted by atomic mass is 10.1. The number of carbonyl (C=O) groups excluding carboxylic acids is 2. The van der Waals surface area contributed by atoms with Gasteiger partial charge in [-0.05, 0) is 35.4 Å². The number of ether oxygens (including phenoxy) is 1. The fourth-order valence-electron chi connectivity index (χ4n) is 2.84. The molecule has 0 radical (unpaired) electrons. The van der Waals surface area contributed by atoms with Gasteiger partial charge in [-0.25, -0.2) is 4.39 Å². The zero-order chi connectivity index (χ0) is 21.7. The van der Waals surface area contributed by atoms with Crippen molar-refractivity contribution in [2.24, 2.45) is 5.73 Å². The lowest BCUT2D eigenvalue weighted by Crippen LogP contribution is -2.32. The third kappa shape index (κ3) is 5.32. The van der Waals surface area contributed by atoms with Crippen LogP contribution < -0.4 is 15.8 Å². The molecule has 2 unspecified atom stereocenters. The van der Waals surface area contributed by atoms with Crippen LogP contribution in [0, 0.1) is 5.82 Å². The smallest absolute Gasteiger partial charge is 0.320 e. The number of Topliss-reactive ketones (excluding diaryl/α,β-unsaturated/α-hetero) is 1. The Morgan fingerprint density at radius 1 is 1.27 bits per heavy atom. The summed E-state index contributed by atoms with van der Waals surface area (Å²) in [5.41, 5.74) is 6.46. The van der Waals surface area contributed by atoms with E-state index in [1.807, 2.05) is 6.08 Å². The minimum Gasteiger partial charge on any atom is -0.480 e. The summed E-state index contributed by atoms with van der Waals surface area (Å²) in [6.07, 6.45) is 2.01. The van der Waals surface area contributed by atoms with Crippen molar-refractivity contribution in [3.8, 4) is 11.5 Å². The number of hydrogen-bond donors (Lipinski definition) is 3. The van der Waals surface area contributed by atoms with E-state index in [2.05, 4.69) is 5.32 Å². The van der Waals surface area contributed by atoms with E-state index >= 15 is 0 Å². The highest BCUT2D eigenvalue weighted by molar-refractivity contribution is 8.03. The first kappa shape index (κ1) is 21.7. The summed E-state index contributed by atoms with van der Waals surface area (Å²) in [4.78, 5) is 34.0. The second-order valence-corrected chi connectivity index (χ2v) is 7.61. The fraction of sp³-hybridized carbons (Fsp3) is 0.190. The van der Waals surface area contributed by atoms with Gasteiger partial charge in [0.05, 0.1) is 0 Å². The molecule has 30 heavy (non-hydrogen) atoms. The summed E-state index contributed by atoms with van der Waals surface area (Å²) in [6, 6.07) is 9.32. The van der Waals surface area contributed by atoms with Crippen LogP contribution in [0.3, 0.4) is 0 Å². The molecule has 2 atom stereocenters. The number of rotatable bonds is 8. The topological polar surface area (TPSA) is 119 Å². The van der Waals surface area contributed by atoms with Crippen LogP contribution >= 0.6 is 11.8 Å². The summed E-state index contributed by atoms with van der Waals surface area (Å²) >= 11 is 1.46. The van der Waals surface area contributed by atoms with Crippen LogP contribution in [0.5, 0.6) is 11.5 Å². The van der Waals surface area contributed by atoms with E-state index in [1.54, 1.807) is 30.3 Å². The van der Waals surface area contributed by atoms with Crippen molar-refractivity contribution in [3.05, 3.63) is 64.3 Å². The summed E-state index contributed by atoms with van der Waals surface area (Å²) in [5, 5.41) is 11.8. The van der Waals surface area contributed by atoms with E-state index < -0.39 is 29.7 Å². The van der Waals surface area contributed by atoms with Crippen LogP contribution in [0.1, 0.15) is 11.1 Å².